The van der Waals surface area contributed by atoms with E-state index in [1.54, 1.807) is 24.5 Å². The van der Waals surface area contributed by atoms with Gasteiger partial charge in [0.15, 0.2) is 0 Å². The third-order valence-corrected chi connectivity index (χ3v) is 2.23. The Bertz CT molecular complexity index is 443. The first kappa shape index (κ1) is 10.6. The van der Waals surface area contributed by atoms with Crippen LogP contribution in [0, 0.1) is 0 Å². The number of aliphatic hydroxyl groups excluding tert-OH is 1. The lowest BCUT2D eigenvalue weighted by Gasteiger charge is -2.09. The van der Waals surface area contributed by atoms with Crippen molar-refractivity contribution < 1.29 is 9.84 Å². The molecule has 82 valence electrons. The lowest BCUT2D eigenvalue weighted by Crippen LogP contribution is -1.94. The van der Waals surface area contributed by atoms with Crippen LogP contribution in [0.15, 0.2) is 48.8 Å². The Hall–Kier alpha value is -1.87. The average molecular weight is 215 g/mol. The molecule has 0 saturated carbocycles. The van der Waals surface area contributed by atoms with E-state index < -0.39 is 0 Å². The minimum Gasteiger partial charge on any atom is -0.457 e. The molecule has 0 bridgehead atoms. The van der Waals surface area contributed by atoms with Crippen molar-refractivity contribution in [3.63, 3.8) is 0 Å². The zero-order chi connectivity index (χ0) is 11.2. The van der Waals surface area contributed by atoms with Crippen molar-refractivity contribution in [2.24, 2.45) is 0 Å². The van der Waals surface area contributed by atoms with E-state index in [-0.39, 0.29) is 6.61 Å². The minimum atomic E-state index is 0.122. The quantitative estimate of drug-likeness (QED) is 0.851. The summed E-state index contributed by atoms with van der Waals surface area (Å²) < 4.78 is 5.71. The Labute approximate surface area is 94.3 Å². The summed E-state index contributed by atoms with van der Waals surface area (Å²) >= 11 is 0. The topological polar surface area (TPSA) is 42.4 Å². The van der Waals surface area contributed by atoms with Gasteiger partial charge in [-0.05, 0) is 30.2 Å². The molecular weight excluding hydrogens is 202 g/mol. The second-order valence-electron chi connectivity index (χ2n) is 3.37. The largest absolute Gasteiger partial charge is 0.457 e. The first-order valence-electron chi connectivity index (χ1n) is 5.17. The second-order valence-corrected chi connectivity index (χ2v) is 3.37. The molecule has 0 fully saturated rings. The van der Waals surface area contributed by atoms with Crippen LogP contribution in [0.4, 0.5) is 0 Å². The fraction of sp³-hybridized carbons (Fsp3) is 0.154. The molecule has 0 saturated heterocycles. The van der Waals surface area contributed by atoms with Crippen LogP contribution >= 0.6 is 0 Å². The fourth-order valence-electron chi connectivity index (χ4n) is 1.46. The van der Waals surface area contributed by atoms with Crippen molar-refractivity contribution in [3.05, 3.63) is 54.4 Å². The van der Waals surface area contributed by atoms with Gasteiger partial charge >= 0.3 is 0 Å². The Morgan fingerprint density at radius 2 is 1.81 bits per heavy atom. The molecule has 1 aromatic heterocycles. The maximum atomic E-state index is 8.94. The molecule has 2 aromatic rings. The van der Waals surface area contributed by atoms with Gasteiger partial charge in [0.1, 0.15) is 11.5 Å². The van der Waals surface area contributed by atoms with Crippen LogP contribution < -0.4 is 4.74 Å². The predicted octanol–water partition coefficient (Wildman–Crippen LogP) is 2.41. The highest BCUT2D eigenvalue weighted by Gasteiger charge is 2.03. The molecule has 16 heavy (non-hydrogen) atoms. The lowest BCUT2D eigenvalue weighted by atomic mass is 10.1. The fourth-order valence-corrected chi connectivity index (χ4v) is 1.46. The number of hydrogen-bond acceptors (Lipinski definition) is 3. The summed E-state index contributed by atoms with van der Waals surface area (Å²) in [5.74, 6) is 1.53. The summed E-state index contributed by atoms with van der Waals surface area (Å²) in [6.45, 7) is 0.122. The summed E-state index contributed by atoms with van der Waals surface area (Å²) in [5.41, 5.74) is 1.00. The molecule has 3 nitrogen and oxygen atoms in total. The van der Waals surface area contributed by atoms with Gasteiger partial charge in [0.05, 0.1) is 0 Å². The van der Waals surface area contributed by atoms with Gasteiger partial charge in [0, 0.05) is 19.0 Å². The van der Waals surface area contributed by atoms with E-state index >= 15 is 0 Å². The summed E-state index contributed by atoms with van der Waals surface area (Å²) in [6, 6.07) is 11.3. The Kier molecular flexibility index (Phi) is 3.51. The van der Waals surface area contributed by atoms with Gasteiger partial charge in [-0.3, -0.25) is 4.98 Å². The number of pyridine rings is 1. The normalized spacial score (nSPS) is 10.1. The van der Waals surface area contributed by atoms with Gasteiger partial charge in [-0.2, -0.15) is 0 Å². The van der Waals surface area contributed by atoms with Crippen LogP contribution in [0.25, 0.3) is 0 Å². The SMILES string of the molecule is OCCc1ccccc1Oc1ccncc1. The monoisotopic (exact) mass is 215 g/mol. The number of ether oxygens (including phenoxy) is 1. The van der Waals surface area contributed by atoms with E-state index in [2.05, 4.69) is 4.98 Å². The zero-order valence-corrected chi connectivity index (χ0v) is 8.84. The van der Waals surface area contributed by atoms with E-state index in [0.29, 0.717) is 6.42 Å². The first-order valence-corrected chi connectivity index (χ1v) is 5.17. The van der Waals surface area contributed by atoms with Crippen molar-refractivity contribution in [1.29, 1.82) is 0 Å². The van der Waals surface area contributed by atoms with Crippen LogP contribution in [0.2, 0.25) is 0 Å². The number of aliphatic hydroxyl groups is 1. The molecule has 1 heterocycles. The van der Waals surface area contributed by atoms with E-state index in [4.69, 9.17) is 9.84 Å². The molecule has 0 amide bonds. The van der Waals surface area contributed by atoms with E-state index in [1.807, 2.05) is 24.3 Å². The minimum absolute atomic E-state index is 0.122. The summed E-state index contributed by atoms with van der Waals surface area (Å²) in [5, 5.41) is 8.94. The first-order chi connectivity index (χ1) is 7.90. The van der Waals surface area contributed by atoms with Crippen LogP contribution in [0.1, 0.15) is 5.56 Å². The molecule has 3 heteroatoms. The molecule has 1 N–H and O–H groups in total. The molecule has 1 aromatic carbocycles. The van der Waals surface area contributed by atoms with Crippen LogP contribution in [-0.4, -0.2) is 16.7 Å². The average Bonchev–Trinajstić information content (AvgIpc) is 2.33. The van der Waals surface area contributed by atoms with Gasteiger partial charge in [-0.1, -0.05) is 18.2 Å². The number of para-hydroxylation sites is 1. The standard InChI is InChI=1S/C13H13NO2/c15-10-7-11-3-1-2-4-13(11)16-12-5-8-14-9-6-12/h1-6,8-9,15H,7,10H2. The molecule has 0 atom stereocenters. The number of nitrogens with zero attached hydrogens (tertiary/aromatic N) is 1. The van der Waals surface area contributed by atoms with Gasteiger partial charge < -0.3 is 9.84 Å². The number of hydrogen-bond donors (Lipinski definition) is 1. The smallest absolute Gasteiger partial charge is 0.130 e. The summed E-state index contributed by atoms with van der Waals surface area (Å²) in [4.78, 5) is 3.93. The number of aromatic nitrogens is 1. The summed E-state index contributed by atoms with van der Waals surface area (Å²) in [7, 11) is 0. The van der Waals surface area contributed by atoms with Gasteiger partial charge in [0.2, 0.25) is 0 Å². The third-order valence-electron chi connectivity index (χ3n) is 2.23. The predicted molar refractivity (Wildman–Crippen MR) is 61.5 cm³/mol. The molecule has 2 rings (SSSR count). The lowest BCUT2D eigenvalue weighted by molar-refractivity contribution is 0.298. The molecule has 0 radical (unpaired) electrons. The van der Waals surface area contributed by atoms with Crippen molar-refractivity contribution >= 4 is 0 Å². The molecular formula is C13H13NO2. The van der Waals surface area contributed by atoms with Crippen LogP contribution in [0.5, 0.6) is 11.5 Å². The maximum absolute atomic E-state index is 8.94. The van der Waals surface area contributed by atoms with Crippen LogP contribution in [0.3, 0.4) is 0 Å². The Morgan fingerprint density at radius 3 is 2.56 bits per heavy atom. The molecule has 0 spiro atoms. The third kappa shape index (κ3) is 2.58. The molecule has 0 unspecified atom stereocenters. The van der Waals surface area contributed by atoms with Crippen LogP contribution in [-0.2, 0) is 6.42 Å². The van der Waals surface area contributed by atoms with Crippen molar-refractivity contribution in [2.75, 3.05) is 6.61 Å². The molecule has 0 aliphatic heterocycles. The van der Waals surface area contributed by atoms with E-state index in [9.17, 15) is 0 Å². The van der Waals surface area contributed by atoms with Crippen molar-refractivity contribution in [3.8, 4) is 11.5 Å². The highest BCUT2D eigenvalue weighted by molar-refractivity contribution is 5.37. The van der Waals surface area contributed by atoms with Gasteiger partial charge in [-0.15, -0.1) is 0 Å². The zero-order valence-electron chi connectivity index (χ0n) is 8.84. The Balaban J connectivity index is 2.21. The van der Waals surface area contributed by atoms with Crippen molar-refractivity contribution in [2.45, 2.75) is 6.42 Å². The van der Waals surface area contributed by atoms with E-state index in [1.165, 1.54) is 0 Å². The number of benzene rings is 1. The highest BCUT2D eigenvalue weighted by atomic mass is 16.5. The van der Waals surface area contributed by atoms with Gasteiger partial charge in [-0.25, -0.2) is 0 Å². The maximum Gasteiger partial charge on any atom is 0.130 e. The second kappa shape index (κ2) is 5.28. The molecule has 0 aliphatic rings. The Morgan fingerprint density at radius 1 is 1.06 bits per heavy atom. The van der Waals surface area contributed by atoms with E-state index in [0.717, 1.165) is 17.1 Å². The number of rotatable bonds is 4. The van der Waals surface area contributed by atoms with Crippen molar-refractivity contribution in [1.82, 2.24) is 4.98 Å². The summed E-state index contributed by atoms with van der Waals surface area (Å²) in [6.07, 6.45) is 3.97. The molecule has 0 aliphatic carbocycles. The van der Waals surface area contributed by atoms with Gasteiger partial charge in [0.25, 0.3) is 0 Å². The highest BCUT2D eigenvalue weighted by Crippen LogP contribution is 2.24.